The number of hydrogen-bond donors (Lipinski definition) is 0. The van der Waals surface area contributed by atoms with Crippen LogP contribution in [-0.4, -0.2) is 69.4 Å². The second-order valence-corrected chi connectivity index (χ2v) is 2.01. The molecule has 16 heavy (non-hydrogen) atoms. The summed E-state index contributed by atoms with van der Waals surface area (Å²) in [6.45, 7) is 0. The van der Waals surface area contributed by atoms with Crippen LogP contribution in [0.4, 0.5) is 0 Å². The Morgan fingerprint density at radius 3 is 0.438 bits per heavy atom. The second kappa shape index (κ2) is 36.0. The van der Waals surface area contributed by atoms with Gasteiger partial charge in [-0.25, -0.2) is 0 Å². The van der Waals surface area contributed by atoms with Gasteiger partial charge in [0.2, 0.25) is 23.7 Å². The Morgan fingerprint density at radius 1 is 0.438 bits per heavy atom. The molecule has 0 fully saturated rings. The zero-order valence-electron chi connectivity index (χ0n) is 7.33. The van der Waals surface area contributed by atoms with E-state index >= 15 is 0 Å². The molecular weight excluding hydrogens is 345 g/mol. The molecule has 0 unspecified atom stereocenters. The van der Waals surface area contributed by atoms with Gasteiger partial charge in [-0.3, -0.25) is 27.4 Å². The average Bonchev–Trinajstić information content (AvgIpc) is 1.54. The molecule has 0 aromatic heterocycles. The van der Waals surface area contributed by atoms with E-state index in [1.165, 1.54) is 0 Å². The van der Waals surface area contributed by atoms with Crippen LogP contribution in [-0.2, 0) is 27.4 Å². The molecular formula is Al4O9P3+9. The third kappa shape index (κ3) is 1160. The van der Waals surface area contributed by atoms with Crippen molar-refractivity contribution in [2.45, 2.75) is 0 Å². The maximum atomic E-state index is 8.48. The summed E-state index contributed by atoms with van der Waals surface area (Å²) in [5, 5.41) is 0. The van der Waals surface area contributed by atoms with Gasteiger partial charge in [0, 0.05) is 0 Å². The van der Waals surface area contributed by atoms with Gasteiger partial charge in [0.25, 0.3) is 0 Å². The maximum Gasteiger partial charge on any atom is 3.00 e. The van der Waals surface area contributed by atoms with Crippen LogP contribution in [0, 0.1) is 0 Å². The van der Waals surface area contributed by atoms with Gasteiger partial charge in [0.15, 0.2) is 0 Å². The van der Waals surface area contributed by atoms with Gasteiger partial charge >= 0.3 is 69.4 Å². The normalized spacial score (nSPS) is 4.69. The fraction of sp³-hybridized carbons (Fsp3) is 0. The zero-order chi connectivity index (χ0) is 10.7. The van der Waals surface area contributed by atoms with E-state index in [2.05, 4.69) is 0 Å². The van der Waals surface area contributed by atoms with Crippen molar-refractivity contribution in [1.82, 2.24) is 0 Å². The summed E-state index contributed by atoms with van der Waals surface area (Å²) >= 11 is 0. The monoisotopic (exact) mass is 345 g/mol. The van der Waals surface area contributed by atoms with Crippen LogP contribution in [0.15, 0.2) is 0 Å². The Morgan fingerprint density at radius 2 is 0.438 bits per heavy atom. The summed E-state index contributed by atoms with van der Waals surface area (Å²) in [5.74, 6) is 0. The second-order valence-electron chi connectivity index (χ2n) is 0.671. The summed E-state index contributed by atoms with van der Waals surface area (Å²) in [7, 11) is -10.1. The Bertz CT molecular complexity index is 216. The van der Waals surface area contributed by atoms with Crippen LogP contribution in [0.2, 0.25) is 0 Å². The summed E-state index contributed by atoms with van der Waals surface area (Å²) in [6.07, 6.45) is 0. The van der Waals surface area contributed by atoms with Gasteiger partial charge in [-0.15, -0.1) is 0 Å². The molecule has 0 atom stereocenters. The maximum absolute atomic E-state index is 8.48. The Balaban J connectivity index is -0.0000000135. The molecule has 0 heterocycles. The van der Waals surface area contributed by atoms with Gasteiger partial charge in [0.05, 0.1) is 0 Å². The molecule has 0 rings (SSSR count). The minimum atomic E-state index is -3.37. The van der Waals surface area contributed by atoms with Crippen molar-refractivity contribution >= 4 is 93.2 Å². The van der Waals surface area contributed by atoms with Crippen molar-refractivity contribution in [2.75, 3.05) is 0 Å². The SMILES string of the molecule is O=P(=O)[O-].O=P(=O)[O-].O=P(=O)[O-].[Al+3].[Al+3].[Al+3].[Al+3]. The molecule has 0 N–H and O–H groups in total. The van der Waals surface area contributed by atoms with E-state index in [9.17, 15) is 0 Å². The molecule has 0 aromatic carbocycles. The molecule has 72 valence electrons. The van der Waals surface area contributed by atoms with E-state index < -0.39 is 23.7 Å². The molecule has 0 aliphatic carbocycles. The molecule has 9 nitrogen and oxygen atoms in total. The molecule has 0 spiro atoms. The van der Waals surface area contributed by atoms with Crippen molar-refractivity contribution in [3.05, 3.63) is 0 Å². The smallest absolute Gasteiger partial charge is 0.744 e. The number of hydrogen-bond acceptors (Lipinski definition) is 9. The van der Waals surface area contributed by atoms with Crippen LogP contribution >= 0.6 is 23.7 Å². The van der Waals surface area contributed by atoms with E-state index in [0.29, 0.717) is 0 Å². The van der Waals surface area contributed by atoms with Crippen molar-refractivity contribution < 1.29 is 42.1 Å². The molecule has 0 saturated carbocycles. The van der Waals surface area contributed by atoms with E-state index in [4.69, 9.17) is 42.1 Å². The molecule has 0 aliphatic heterocycles. The standard InChI is InChI=1S/4Al.3HO3P/c;;;;3*1-4(2)3/h;;;;3*(H,1,2,3)/q4*+3;;;/p-3. The first kappa shape index (κ1) is 43.1. The van der Waals surface area contributed by atoms with E-state index in [0.717, 1.165) is 0 Å². The van der Waals surface area contributed by atoms with Gasteiger partial charge < -0.3 is 14.7 Å². The Hall–Kier alpha value is 1.71. The molecule has 0 aromatic rings. The van der Waals surface area contributed by atoms with Crippen molar-refractivity contribution in [1.29, 1.82) is 0 Å². The third-order valence-corrected chi connectivity index (χ3v) is 0. The van der Waals surface area contributed by atoms with Crippen molar-refractivity contribution in [3.63, 3.8) is 0 Å². The fourth-order valence-corrected chi connectivity index (χ4v) is 0. The van der Waals surface area contributed by atoms with Gasteiger partial charge in [-0.05, 0) is 0 Å². The van der Waals surface area contributed by atoms with Gasteiger partial charge in [0.1, 0.15) is 0 Å². The van der Waals surface area contributed by atoms with Crippen molar-refractivity contribution in [2.24, 2.45) is 0 Å². The Labute approximate surface area is 134 Å². The third-order valence-electron chi connectivity index (χ3n) is 0. The van der Waals surface area contributed by atoms with Gasteiger partial charge in [-0.2, -0.15) is 0 Å². The van der Waals surface area contributed by atoms with Crippen LogP contribution < -0.4 is 14.7 Å². The van der Waals surface area contributed by atoms with Crippen LogP contribution in [0.25, 0.3) is 0 Å². The minimum Gasteiger partial charge on any atom is -0.744 e. The largest absolute Gasteiger partial charge is 3.00 e. The predicted molar refractivity (Wildman–Crippen MR) is 47.9 cm³/mol. The van der Waals surface area contributed by atoms with E-state index in [-0.39, 0.29) is 69.4 Å². The Kier molecular flexibility index (Phi) is 96.9. The summed E-state index contributed by atoms with van der Waals surface area (Å²) in [5.41, 5.74) is 0. The first-order valence-electron chi connectivity index (χ1n) is 1.64. The van der Waals surface area contributed by atoms with Crippen LogP contribution in [0.3, 0.4) is 0 Å². The quantitative estimate of drug-likeness (QED) is 0.323. The molecule has 0 saturated heterocycles. The van der Waals surface area contributed by atoms with Crippen molar-refractivity contribution in [3.8, 4) is 0 Å². The molecule has 0 aliphatic rings. The van der Waals surface area contributed by atoms with Crippen LogP contribution in [0.5, 0.6) is 0 Å². The van der Waals surface area contributed by atoms with E-state index in [1.54, 1.807) is 0 Å². The average molecular weight is 345 g/mol. The minimum absolute atomic E-state index is 0. The molecule has 16 heteroatoms. The first-order valence-corrected chi connectivity index (χ1v) is 4.93. The van der Waals surface area contributed by atoms with Gasteiger partial charge in [-0.1, -0.05) is 0 Å². The topological polar surface area (TPSA) is 172 Å². The molecule has 0 radical (unpaired) electrons. The predicted octanol–water partition coefficient (Wildman–Crippen LogP) is -3.22. The molecule has 0 bridgehead atoms. The summed E-state index contributed by atoms with van der Waals surface area (Å²) in [4.78, 5) is 25.4. The summed E-state index contributed by atoms with van der Waals surface area (Å²) < 4.78 is 50.9. The molecule has 0 amide bonds. The fourth-order valence-electron chi connectivity index (χ4n) is 0. The number of rotatable bonds is 0. The zero-order valence-corrected chi connectivity index (χ0v) is 14.6. The van der Waals surface area contributed by atoms with Crippen LogP contribution in [0.1, 0.15) is 0 Å². The summed E-state index contributed by atoms with van der Waals surface area (Å²) in [6, 6.07) is 0. The van der Waals surface area contributed by atoms with E-state index in [1.807, 2.05) is 0 Å². The first-order chi connectivity index (χ1) is 5.20.